The number of nitrogens with one attached hydrogen (secondary N) is 1. The zero-order valence-electron chi connectivity index (χ0n) is 8.28. The molecule has 3 nitrogen and oxygen atoms in total. The van der Waals surface area contributed by atoms with Crippen molar-refractivity contribution in [2.45, 2.75) is 37.8 Å². The number of hydrogen-bond acceptors (Lipinski definition) is 3. The first-order chi connectivity index (χ1) is 6.64. The summed E-state index contributed by atoms with van der Waals surface area (Å²) in [6.07, 6.45) is 5.39. The highest BCUT2D eigenvalue weighted by molar-refractivity contribution is 7.92. The first-order valence-electron chi connectivity index (χ1n) is 5.60. The Morgan fingerprint density at radius 1 is 1.14 bits per heavy atom. The van der Waals surface area contributed by atoms with Crippen molar-refractivity contribution in [2.24, 2.45) is 11.8 Å². The van der Waals surface area contributed by atoms with Gasteiger partial charge in [-0.2, -0.15) is 0 Å². The van der Waals surface area contributed by atoms with Gasteiger partial charge in [0.1, 0.15) is 0 Å². The van der Waals surface area contributed by atoms with Gasteiger partial charge < -0.3 is 5.32 Å². The van der Waals surface area contributed by atoms with Crippen molar-refractivity contribution in [1.29, 1.82) is 0 Å². The molecule has 1 aliphatic heterocycles. The summed E-state index contributed by atoms with van der Waals surface area (Å²) in [6.45, 7) is 0. The number of sulfone groups is 1. The summed E-state index contributed by atoms with van der Waals surface area (Å²) >= 11 is 0. The molecule has 2 saturated carbocycles. The molecule has 3 unspecified atom stereocenters. The third-order valence-corrected chi connectivity index (χ3v) is 5.76. The molecular formula is C10H17NO2S. The largest absolute Gasteiger partial charge is 0.309 e. The van der Waals surface area contributed by atoms with Gasteiger partial charge in [0.05, 0.1) is 11.5 Å². The summed E-state index contributed by atoms with van der Waals surface area (Å²) in [5.41, 5.74) is 0. The molecular weight excluding hydrogens is 198 g/mol. The summed E-state index contributed by atoms with van der Waals surface area (Å²) in [6, 6.07) is 0.901. The second-order valence-corrected chi connectivity index (χ2v) is 7.29. The lowest BCUT2D eigenvalue weighted by atomic mass is 9.95. The van der Waals surface area contributed by atoms with Crippen LogP contribution >= 0.6 is 0 Å². The normalized spacial score (nSPS) is 45.3. The summed E-state index contributed by atoms with van der Waals surface area (Å²) in [4.78, 5) is 0. The van der Waals surface area contributed by atoms with Crippen LogP contribution in [-0.2, 0) is 9.84 Å². The van der Waals surface area contributed by atoms with Gasteiger partial charge in [0.2, 0.25) is 0 Å². The van der Waals surface area contributed by atoms with Crippen LogP contribution in [0, 0.1) is 11.8 Å². The van der Waals surface area contributed by atoms with Crippen LogP contribution in [-0.4, -0.2) is 32.0 Å². The van der Waals surface area contributed by atoms with E-state index in [0.29, 0.717) is 17.5 Å². The molecule has 3 atom stereocenters. The van der Waals surface area contributed by atoms with Crippen molar-refractivity contribution in [3.05, 3.63) is 0 Å². The topological polar surface area (TPSA) is 46.2 Å². The van der Waals surface area contributed by atoms with E-state index in [2.05, 4.69) is 5.32 Å². The number of rotatable bonds is 2. The predicted molar refractivity (Wildman–Crippen MR) is 54.8 cm³/mol. The Morgan fingerprint density at radius 3 is 2.64 bits per heavy atom. The zero-order valence-corrected chi connectivity index (χ0v) is 9.09. The smallest absolute Gasteiger partial charge is 0.153 e. The molecule has 0 radical (unpaired) electrons. The third-order valence-electron chi connectivity index (χ3n) is 3.94. The highest BCUT2D eigenvalue weighted by atomic mass is 32.2. The van der Waals surface area contributed by atoms with Crippen molar-refractivity contribution >= 4 is 9.84 Å². The van der Waals surface area contributed by atoms with Crippen LogP contribution in [0.5, 0.6) is 0 Å². The Balaban J connectivity index is 1.53. The molecule has 0 aromatic carbocycles. The van der Waals surface area contributed by atoms with Gasteiger partial charge in [0.15, 0.2) is 9.84 Å². The summed E-state index contributed by atoms with van der Waals surface area (Å²) in [5, 5.41) is 3.52. The molecule has 2 aliphatic carbocycles. The lowest BCUT2D eigenvalue weighted by Gasteiger charge is -2.33. The van der Waals surface area contributed by atoms with Crippen LogP contribution in [0.3, 0.4) is 0 Å². The minimum absolute atomic E-state index is 0.268. The van der Waals surface area contributed by atoms with E-state index < -0.39 is 9.84 Å². The van der Waals surface area contributed by atoms with Gasteiger partial charge in [0, 0.05) is 12.1 Å². The van der Waals surface area contributed by atoms with Crippen molar-refractivity contribution in [2.75, 3.05) is 11.5 Å². The lowest BCUT2D eigenvalue weighted by molar-refractivity contribution is 0.328. The van der Waals surface area contributed by atoms with Crippen LogP contribution < -0.4 is 5.32 Å². The molecule has 0 bridgehead atoms. The number of fused-ring (bicyclic) bond motifs is 1. The quantitative estimate of drug-likeness (QED) is 0.732. The fourth-order valence-electron chi connectivity index (χ4n) is 3.08. The van der Waals surface area contributed by atoms with E-state index >= 15 is 0 Å². The van der Waals surface area contributed by atoms with E-state index in [0.717, 1.165) is 11.8 Å². The van der Waals surface area contributed by atoms with Gasteiger partial charge in [-0.25, -0.2) is 8.42 Å². The van der Waals surface area contributed by atoms with E-state index in [-0.39, 0.29) is 6.04 Å². The van der Waals surface area contributed by atoms with E-state index in [4.69, 9.17) is 0 Å². The molecule has 0 spiro atoms. The maximum Gasteiger partial charge on any atom is 0.153 e. The molecule has 0 amide bonds. The molecule has 14 heavy (non-hydrogen) atoms. The maximum absolute atomic E-state index is 11.0. The molecule has 0 aromatic heterocycles. The van der Waals surface area contributed by atoms with E-state index in [1.54, 1.807) is 0 Å². The van der Waals surface area contributed by atoms with E-state index in [1.165, 1.54) is 25.7 Å². The summed E-state index contributed by atoms with van der Waals surface area (Å²) in [7, 11) is -2.65. The Bertz CT molecular complexity index is 326. The van der Waals surface area contributed by atoms with Crippen LogP contribution in [0.1, 0.15) is 25.7 Å². The first kappa shape index (κ1) is 9.16. The van der Waals surface area contributed by atoms with Crippen LogP contribution in [0.4, 0.5) is 0 Å². The first-order valence-corrected chi connectivity index (χ1v) is 7.43. The highest BCUT2D eigenvalue weighted by Gasteiger charge is 2.47. The molecule has 3 rings (SSSR count). The van der Waals surface area contributed by atoms with E-state index in [9.17, 15) is 8.42 Å². The van der Waals surface area contributed by atoms with E-state index in [1.807, 2.05) is 0 Å². The van der Waals surface area contributed by atoms with Gasteiger partial charge in [-0.15, -0.1) is 0 Å². The minimum Gasteiger partial charge on any atom is -0.309 e. The Kier molecular flexibility index (Phi) is 1.93. The van der Waals surface area contributed by atoms with Crippen LogP contribution in [0.15, 0.2) is 0 Å². The van der Waals surface area contributed by atoms with Crippen molar-refractivity contribution in [1.82, 2.24) is 5.32 Å². The van der Waals surface area contributed by atoms with Crippen molar-refractivity contribution in [3.63, 3.8) is 0 Å². The molecule has 1 saturated heterocycles. The SMILES string of the molecule is O=S1(=O)CC(NC2CCCC3CC32)C1. The third kappa shape index (κ3) is 1.58. The van der Waals surface area contributed by atoms with Crippen LogP contribution in [0.25, 0.3) is 0 Å². The predicted octanol–water partition coefficient (Wildman–Crippen LogP) is 0.562. The fraction of sp³-hybridized carbons (Fsp3) is 1.00. The summed E-state index contributed by atoms with van der Waals surface area (Å²) < 4.78 is 22.0. The molecule has 80 valence electrons. The molecule has 3 fully saturated rings. The van der Waals surface area contributed by atoms with Crippen molar-refractivity contribution in [3.8, 4) is 0 Å². The molecule has 0 aromatic rings. The standard InChI is InChI=1S/C10H17NO2S/c12-14(13)5-8(6-14)11-10-3-1-2-7-4-9(7)10/h7-11H,1-6H2. The monoisotopic (exact) mass is 215 g/mol. The Morgan fingerprint density at radius 2 is 1.93 bits per heavy atom. The zero-order chi connectivity index (χ0) is 9.76. The highest BCUT2D eigenvalue weighted by Crippen LogP contribution is 2.49. The molecule has 4 heteroatoms. The fourth-order valence-corrected chi connectivity index (χ4v) is 4.40. The molecule has 3 aliphatic rings. The van der Waals surface area contributed by atoms with Gasteiger partial charge in [-0.3, -0.25) is 0 Å². The van der Waals surface area contributed by atoms with Gasteiger partial charge >= 0.3 is 0 Å². The summed E-state index contributed by atoms with van der Waals surface area (Å²) in [5.74, 6) is 2.60. The lowest BCUT2D eigenvalue weighted by Crippen LogP contribution is -2.55. The van der Waals surface area contributed by atoms with Crippen molar-refractivity contribution < 1.29 is 8.42 Å². The average Bonchev–Trinajstić information content (AvgIpc) is 2.80. The molecule has 1 N–H and O–H groups in total. The number of hydrogen-bond donors (Lipinski definition) is 1. The Labute approximate surface area is 85.2 Å². The minimum atomic E-state index is -2.65. The Hall–Kier alpha value is -0.0900. The maximum atomic E-state index is 11.0. The second-order valence-electron chi connectivity index (χ2n) is 5.14. The van der Waals surface area contributed by atoms with Gasteiger partial charge in [-0.05, 0) is 24.7 Å². The molecule has 1 heterocycles. The average molecular weight is 215 g/mol. The van der Waals surface area contributed by atoms with Gasteiger partial charge in [0.25, 0.3) is 0 Å². The van der Waals surface area contributed by atoms with Crippen LogP contribution in [0.2, 0.25) is 0 Å². The second kappa shape index (κ2) is 2.95. The van der Waals surface area contributed by atoms with Gasteiger partial charge in [-0.1, -0.05) is 12.8 Å².